The Hall–Kier alpha value is -2.07. The predicted molar refractivity (Wildman–Crippen MR) is 80.8 cm³/mol. The standard InChI is InChI=1S/C14H15F3N2O4S/c1-2-23-11(21)9-10(7-4-3-5-8(20)6-7)18-12(24)19-13(9,22)14(15,16)17/h3-6,9-10,20,22H,2H2,1H3,(H2,18,19,24)/t9-,10-,13+/m1/s1. The first-order chi connectivity index (χ1) is 11.1. The number of carbonyl (C=O) groups excluding carboxylic acids is 1. The van der Waals surface area contributed by atoms with Gasteiger partial charge in [-0.05, 0) is 36.8 Å². The Kier molecular flexibility index (Phi) is 4.90. The Morgan fingerprint density at radius 2 is 2.12 bits per heavy atom. The molecule has 24 heavy (non-hydrogen) atoms. The summed E-state index contributed by atoms with van der Waals surface area (Å²) in [6.45, 7) is 1.27. The Balaban J connectivity index is 2.57. The van der Waals surface area contributed by atoms with Crippen molar-refractivity contribution in [1.29, 1.82) is 0 Å². The number of rotatable bonds is 3. The van der Waals surface area contributed by atoms with Crippen molar-refractivity contribution >= 4 is 23.3 Å². The molecule has 0 aromatic heterocycles. The molecule has 0 saturated carbocycles. The molecule has 0 aliphatic carbocycles. The van der Waals surface area contributed by atoms with E-state index in [-0.39, 0.29) is 17.9 Å². The second kappa shape index (κ2) is 6.44. The third kappa shape index (κ3) is 3.24. The zero-order valence-electron chi connectivity index (χ0n) is 12.4. The summed E-state index contributed by atoms with van der Waals surface area (Å²) in [5.41, 5.74) is -3.47. The van der Waals surface area contributed by atoms with Crippen molar-refractivity contribution in [1.82, 2.24) is 10.6 Å². The van der Waals surface area contributed by atoms with Crippen LogP contribution < -0.4 is 10.6 Å². The highest BCUT2D eigenvalue weighted by Crippen LogP contribution is 2.43. The van der Waals surface area contributed by atoms with Crippen molar-refractivity contribution < 1.29 is 32.9 Å². The largest absolute Gasteiger partial charge is 0.508 e. The fourth-order valence-corrected chi connectivity index (χ4v) is 2.82. The molecule has 2 rings (SSSR count). The molecule has 1 aromatic carbocycles. The Morgan fingerprint density at radius 3 is 2.67 bits per heavy atom. The van der Waals surface area contributed by atoms with Crippen LogP contribution in [0.4, 0.5) is 13.2 Å². The van der Waals surface area contributed by atoms with E-state index in [9.17, 15) is 28.2 Å². The number of phenolic OH excluding ortho intramolecular Hbond substituents is 1. The molecule has 1 aliphatic rings. The van der Waals surface area contributed by atoms with Crippen LogP contribution >= 0.6 is 12.2 Å². The molecule has 6 nitrogen and oxygen atoms in total. The first-order valence-corrected chi connectivity index (χ1v) is 7.34. The molecule has 10 heteroatoms. The van der Waals surface area contributed by atoms with Crippen molar-refractivity contribution in [2.45, 2.75) is 24.9 Å². The fraction of sp³-hybridized carbons (Fsp3) is 0.429. The van der Waals surface area contributed by atoms with Gasteiger partial charge in [0.15, 0.2) is 5.11 Å². The number of esters is 1. The van der Waals surface area contributed by atoms with E-state index in [0.29, 0.717) is 0 Å². The van der Waals surface area contributed by atoms with Crippen LogP contribution in [0, 0.1) is 5.92 Å². The third-order valence-corrected chi connectivity index (χ3v) is 3.80. The number of aliphatic hydroxyl groups is 1. The second-order valence-corrected chi connectivity index (χ2v) is 5.57. The van der Waals surface area contributed by atoms with Gasteiger partial charge < -0.3 is 25.6 Å². The lowest BCUT2D eigenvalue weighted by Gasteiger charge is -2.45. The summed E-state index contributed by atoms with van der Waals surface area (Å²) in [6.07, 6.45) is -5.20. The maximum absolute atomic E-state index is 13.5. The number of phenols is 1. The Bertz CT molecular complexity index is 655. The van der Waals surface area contributed by atoms with Crippen LogP contribution in [0.5, 0.6) is 5.75 Å². The lowest BCUT2D eigenvalue weighted by Crippen LogP contribution is -2.73. The van der Waals surface area contributed by atoms with Gasteiger partial charge in [0.05, 0.1) is 12.6 Å². The molecule has 1 saturated heterocycles. The molecule has 0 radical (unpaired) electrons. The summed E-state index contributed by atoms with van der Waals surface area (Å²) >= 11 is 4.74. The molecule has 3 atom stereocenters. The average Bonchev–Trinajstić information content (AvgIpc) is 2.45. The molecule has 4 N–H and O–H groups in total. The molecular formula is C14H15F3N2O4S. The molecule has 0 amide bonds. The minimum absolute atomic E-state index is 0.138. The monoisotopic (exact) mass is 364 g/mol. The van der Waals surface area contributed by atoms with E-state index < -0.39 is 34.9 Å². The third-order valence-electron chi connectivity index (χ3n) is 3.58. The van der Waals surface area contributed by atoms with Crippen LogP contribution in [0.2, 0.25) is 0 Å². The number of carbonyl (C=O) groups is 1. The maximum Gasteiger partial charge on any atom is 0.437 e. The van der Waals surface area contributed by atoms with E-state index in [1.54, 1.807) is 5.32 Å². The van der Waals surface area contributed by atoms with Crippen molar-refractivity contribution in [3.63, 3.8) is 0 Å². The van der Waals surface area contributed by atoms with E-state index in [2.05, 4.69) is 5.32 Å². The van der Waals surface area contributed by atoms with Gasteiger partial charge in [-0.3, -0.25) is 4.79 Å². The number of aromatic hydroxyl groups is 1. The van der Waals surface area contributed by atoms with Crippen LogP contribution in [0.15, 0.2) is 24.3 Å². The number of hydrogen-bond acceptors (Lipinski definition) is 5. The Labute approximate surface area is 140 Å². The van der Waals surface area contributed by atoms with E-state index in [4.69, 9.17) is 17.0 Å². The van der Waals surface area contributed by atoms with Gasteiger partial charge in [-0.15, -0.1) is 0 Å². The molecular weight excluding hydrogens is 349 g/mol. The van der Waals surface area contributed by atoms with E-state index in [0.717, 1.165) is 0 Å². The number of halogens is 3. The number of alkyl halides is 3. The van der Waals surface area contributed by atoms with Crippen LogP contribution in [-0.2, 0) is 9.53 Å². The molecule has 1 fully saturated rings. The Morgan fingerprint density at radius 1 is 1.46 bits per heavy atom. The summed E-state index contributed by atoms with van der Waals surface area (Å²) in [5.74, 6) is -3.55. The zero-order chi connectivity index (χ0) is 18.1. The normalized spacial score (nSPS) is 27.1. The van der Waals surface area contributed by atoms with Crippen molar-refractivity contribution in [3.8, 4) is 5.75 Å². The fourth-order valence-electron chi connectivity index (χ4n) is 2.53. The summed E-state index contributed by atoms with van der Waals surface area (Å²) < 4.78 is 45.1. The van der Waals surface area contributed by atoms with E-state index in [1.807, 2.05) is 0 Å². The van der Waals surface area contributed by atoms with Gasteiger partial charge in [-0.2, -0.15) is 13.2 Å². The van der Waals surface area contributed by atoms with Crippen molar-refractivity contribution in [2.75, 3.05) is 6.61 Å². The van der Waals surface area contributed by atoms with Gasteiger partial charge in [0.1, 0.15) is 11.7 Å². The maximum atomic E-state index is 13.5. The first-order valence-electron chi connectivity index (χ1n) is 6.93. The molecule has 1 heterocycles. The van der Waals surface area contributed by atoms with Crippen LogP contribution in [0.1, 0.15) is 18.5 Å². The topological polar surface area (TPSA) is 90.8 Å². The molecule has 132 valence electrons. The number of hydrogen-bond donors (Lipinski definition) is 4. The number of benzene rings is 1. The van der Waals surface area contributed by atoms with E-state index in [1.165, 1.54) is 31.2 Å². The van der Waals surface area contributed by atoms with Gasteiger partial charge in [-0.25, -0.2) is 0 Å². The quantitative estimate of drug-likeness (QED) is 0.475. The highest BCUT2D eigenvalue weighted by Gasteiger charge is 2.66. The molecule has 1 aliphatic heterocycles. The predicted octanol–water partition coefficient (Wildman–Crippen LogP) is 1.34. The van der Waals surface area contributed by atoms with Gasteiger partial charge >= 0.3 is 12.1 Å². The number of thiocarbonyl (C=S) groups is 1. The SMILES string of the molecule is CCOC(=O)[C@H]1[C@@H](c2cccc(O)c2)NC(=S)N[C@@]1(O)C(F)(F)F. The molecule has 1 aromatic rings. The van der Waals surface area contributed by atoms with Crippen LogP contribution in [0.25, 0.3) is 0 Å². The summed E-state index contributed by atoms with van der Waals surface area (Å²) in [7, 11) is 0. The highest BCUT2D eigenvalue weighted by atomic mass is 32.1. The summed E-state index contributed by atoms with van der Waals surface area (Å²) in [5, 5.41) is 23.5. The smallest absolute Gasteiger partial charge is 0.437 e. The lowest BCUT2D eigenvalue weighted by molar-refractivity contribution is -0.292. The van der Waals surface area contributed by atoms with Crippen LogP contribution in [0.3, 0.4) is 0 Å². The van der Waals surface area contributed by atoms with Gasteiger partial charge in [-0.1, -0.05) is 12.1 Å². The average molecular weight is 364 g/mol. The number of nitrogens with one attached hydrogen (secondary N) is 2. The zero-order valence-corrected chi connectivity index (χ0v) is 13.2. The van der Waals surface area contributed by atoms with Gasteiger partial charge in [0, 0.05) is 0 Å². The summed E-state index contributed by atoms with van der Waals surface area (Å²) in [6, 6.07) is 3.93. The number of ether oxygens (including phenoxy) is 1. The lowest BCUT2D eigenvalue weighted by atomic mass is 9.82. The minimum atomic E-state index is -5.20. The van der Waals surface area contributed by atoms with Crippen molar-refractivity contribution in [3.05, 3.63) is 29.8 Å². The second-order valence-electron chi connectivity index (χ2n) is 5.16. The van der Waals surface area contributed by atoms with Crippen LogP contribution in [-0.4, -0.2) is 39.8 Å². The minimum Gasteiger partial charge on any atom is -0.508 e. The molecule has 0 spiro atoms. The van der Waals surface area contributed by atoms with Crippen molar-refractivity contribution in [2.24, 2.45) is 5.92 Å². The first kappa shape index (κ1) is 18.3. The highest BCUT2D eigenvalue weighted by molar-refractivity contribution is 7.80. The van der Waals surface area contributed by atoms with E-state index >= 15 is 0 Å². The molecule has 0 bridgehead atoms. The summed E-state index contributed by atoms with van der Waals surface area (Å²) in [4.78, 5) is 12.2. The van der Waals surface area contributed by atoms with Gasteiger partial charge in [0.2, 0.25) is 0 Å². The molecule has 0 unspecified atom stereocenters. The van der Waals surface area contributed by atoms with Gasteiger partial charge in [0.25, 0.3) is 5.72 Å².